The molecule has 0 aliphatic rings. The van der Waals surface area contributed by atoms with Crippen LogP contribution in [0, 0.1) is 5.92 Å². The molecule has 0 saturated heterocycles. The van der Waals surface area contributed by atoms with Gasteiger partial charge >= 0.3 is 6.03 Å². The molecule has 0 unspecified atom stereocenters. The van der Waals surface area contributed by atoms with Gasteiger partial charge in [0.15, 0.2) is 0 Å². The van der Waals surface area contributed by atoms with Crippen molar-refractivity contribution in [3.63, 3.8) is 0 Å². The van der Waals surface area contributed by atoms with Gasteiger partial charge in [-0.25, -0.2) is 4.79 Å². The van der Waals surface area contributed by atoms with E-state index in [4.69, 9.17) is 5.73 Å². The number of nitrogens with two attached hydrogens (primary N) is 1. The fourth-order valence-electron chi connectivity index (χ4n) is 1.80. The lowest BCUT2D eigenvalue weighted by Gasteiger charge is -2.20. The molecule has 0 aliphatic carbocycles. The summed E-state index contributed by atoms with van der Waals surface area (Å²) in [5, 5.41) is 0. The Kier molecular flexibility index (Phi) is 5.53. The summed E-state index contributed by atoms with van der Waals surface area (Å²) in [6, 6.07) is 9.21. The molecule has 1 aromatic carbocycles. The van der Waals surface area contributed by atoms with E-state index in [1.54, 1.807) is 4.90 Å². The Balaban J connectivity index is 2.48. The summed E-state index contributed by atoms with van der Waals surface area (Å²) in [6.07, 6.45) is 3.33. The summed E-state index contributed by atoms with van der Waals surface area (Å²) in [6.45, 7) is 5.12. The first-order chi connectivity index (χ1) is 8.11. The lowest BCUT2D eigenvalue weighted by atomic mass is 10.1. The van der Waals surface area contributed by atoms with Gasteiger partial charge in [0.05, 0.1) is 0 Å². The van der Waals surface area contributed by atoms with E-state index in [1.807, 2.05) is 30.3 Å². The number of amides is 2. The summed E-state index contributed by atoms with van der Waals surface area (Å²) in [4.78, 5) is 13.0. The number of para-hydroxylation sites is 1. The van der Waals surface area contributed by atoms with Gasteiger partial charge < -0.3 is 5.73 Å². The first-order valence-corrected chi connectivity index (χ1v) is 6.23. The third kappa shape index (κ3) is 4.89. The summed E-state index contributed by atoms with van der Waals surface area (Å²) in [5.41, 5.74) is 6.28. The molecule has 0 saturated carbocycles. The number of primary amides is 1. The topological polar surface area (TPSA) is 46.3 Å². The largest absolute Gasteiger partial charge is 0.351 e. The average molecular weight is 234 g/mol. The fourth-order valence-corrected chi connectivity index (χ4v) is 1.80. The summed E-state index contributed by atoms with van der Waals surface area (Å²) in [5.74, 6) is 0.716. The molecule has 0 fully saturated rings. The third-order valence-corrected chi connectivity index (χ3v) is 2.75. The van der Waals surface area contributed by atoms with Gasteiger partial charge in [0, 0.05) is 12.2 Å². The van der Waals surface area contributed by atoms with Gasteiger partial charge in [-0.2, -0.15) is 0 Å². The van der Waals surface area contributed by atoms with Gasteiger partial charge in [0.1, 0.15) is 0 Å². The second-order valence-corrected chi connectivity index (χ2v) is 4.72. The first-order valence-electron chi connectivity index (χ1n) is 6.23. The van der Waals surface area contributed by atoms with Gasteiger partial charge in [-0.1, -0.05) is 44.9 Å². The molecule has 0 spiro atoms. The predicted molar refractivity (Wildman–Crippen MR) is 72.1 cm³/mol. The van der Waals surface area contributed by atoms with Crippen LogP contribution in [0.15, 0.2) is 30.3 Å². The molecular formula is C14H22N2O. The zero-order valence-electron chi connectivity index (χ0n) is 10.7. The van der Waals surface area contributed by atoms with Crippen molar-refractivity contribution in [1.82, 2.24) is 0 Å². The SMILES string of the molecule is CC(C)CCCCN(C(N)=O)c1ccccc1. The van der Waals surface area contributed by atoms with Gasteiger partial charge in [-0.05, 0) is 24.5 Å². The van der Waals surface area contributed by atoms with Crippen molar-refractivity contribution in [2.24, 2.45) is 11.7 Å². The molecule has 0 aromatic heterocycles. The number of hydrogen-bond acceptors (Lipinski definition) is 1. The monoisotopic (exact) mass is 234 g/mol. The molecule has 0 atom stereocenters. The number of urea groups is 1. The third-order valence-electron chi connectivity index (χ3n) is 2.75. The van der Waals surface area contributed by atoms with E-state index in [-0.39, 0.29) is 6.03 Å². The fraction of sp³-hybridized carbons (Fsp3) is 0.500. The van der Waals surface area contributed by atoms with Crippen LogP contribution in [0.4, 0.5) is 10.5 Å². The predicted octanol–water partition coefficient (Wildman–Crippen LogP) is 3.40. The summed E-state index contributed by atoms with van der Waals surface area (Å²) >= 11 is 0. The molecular weight excluding hydrogens is 212 g/mol. The van der Waals surface area contributed by atoms with E-state index < -0.39 is 0 Å². The Labute approximate surface area is 104 Å². The number of carbonyl (C=O) groups is 1. The summed E-state index contributed by atoms with van der Waals surface area (Å²) < 4.78 is 0. The Morgan fingerprint density at radius 2 is 1.88 bits per heavy atom. The summed E-state index contributed by atoms with van der Waals surface area (Å²) in [7, 11) is 0. The van der Waals surface area contributed by atoms with Crippen LogP contribution in [0.3, 0.4) is 0 Å². The highest BCUT2D eigenvalue weighted by atomic mass is 16.2. The van der Waals surface area contributed by atoms with Crippen molar-refractivity contribution in [3.05, 3.63) is 30.3 Å². The zero-order valence-corrected chi connectivity index (χ0v) is 10.7. The molecule has 0 heterocycles. The minimum atomic E-state index is -0.374. The smallest absolute Gasteiger partial charge is 0.319 e. The molecule has 0 radical (unpaired) electrons. The molecule has 3 heteroatoms. The second-order valence-electron chi connectivity index (χ2n) is 4.72. The molecule has 2 N–H and O–H groups in total. The van der Waals surface area contributed by atoms with Crippen LogP contribution in [0.1, 0.15) is 33.1 Å². The van der Waals surface area contributed by atoms with Crippen LogP contribution in [0.2, 0.25) is 0 Å². The lowest BCUT2D eigenvalue weighted by molar-refractivity contribution is 0.253. The number of benzene rings is 1. The highest BCUT2D eigenvalue weighted by molar-refractivity contribution is 5.90. The van der Waals surface area contributed by atoms with Crippen molar-refractivity contribution in [2.45, 2.75) is 33.1 Å². The Bertz CT molecular complexity index is 335. The van der Waals surface area contributed by atoms with Gasteiger partial charge in [0.2, 0.25) is 0 Å². The lowest BCUT2D eigenvalue weighted by Crippen LogP contribution is -2.36. The molecule has 1 rings (SSSR count). The number of nitrogens with zero attached hydrogens (tertiary/aromatic N) is 1. The maximum atomic E-state index is 11.4. The molecule has 1 aromatic rings. The van der Waals surface area contributed by atoms with E-state index in [2.05, 4.69) is 13.8 Å². The number of anilines is 1. The minimum Gasteiger partial charge on any atom is -0.351 e. The Hall–Kier alpha value is -1.51. The average Bonchev–Trinajstić information content (AvgIpc) is 2.29. The van der Waals surface area contributed by atoms with E-state index in [0.29, 0.717) is 12.5 Å². The van der Waals surface area contributed by atoms with Crippen LogP contribution in [-0.4, -0.2) is 12.6 Å². The van der Waals surface area contributed by atoms with E-state index in [0.717, 1.165) is 18.5 Å². The molecule has 0 bridgehead atoms. The van der Waals surface area contributed by atoms with Crippen LogP contribution < -0.4 is 10.6 Å². The van der Waals surface area contributed by atoms with Crippen molar-refractivity contribution in [2.75, 3.05) is 11.4 Å². The van der Waals surface area contributed by atoms with E-state index >= 15 is 0 Å². The van der Waals surface area contributed by atoms with Crippen LogP contribution in [0.25, 0.3) is 0 Å². The molecule has 17 heavy (non-hydrogen) atoms. The number of hydrogen-bond donors (Lipinski definition) is 1. The highest BCUT2D eigenvalue weighted by Gasteiger charge is 2.10. The quantitative estimate of drug-likeness (QED) is 0.753. The molecule has 2 amide bonds. The standard InChI is InChI=1S/C14H22N2O/c1-12(2)8-6-7-11-16(14(15)17)13-9-4-3-5-10-13/h3-5,9-10,12H,6-8,11H2,1-2H3,(H2,15,17). The second kappa shape index (κ2) is 6.94. The number of carbonyl (C=O) groups excluding carboxylic acids is 1. The van der Waals surface area contributed by atoms with Crippen molar-refractivity contribution < 1.29 is 4.79 Å². The molecule has 94 valence electrons. The van der Waals surface area contributed by atoms with Crippen LogP contribution in [0.5, 0.6) is 0 Å². The van der Waals surface area contributed by atoms with Crippen LogP contribution >= 0.6 is 0 Å². The van der Waals surface area contributed by atoms with Gasteiger partial charge in [-0.15, -0.1) is 0 Å². The number of rotatable bonds is 6. The minimum absolute atomic E-state index is 0.374. The first kappa shape index (κ1) is 13.6. The molecule has 0 aliphatic heterocycles. The van der Waals surface area contributed by atoms with Crippen LogP contribution in [-0.2, 0) is 0 Å². The maximum Gasteiger partial charge on any atom is 0.319 e. The maximum absolute atomic E-state index is 11.4. The normalized spacial score (nSPS) is 10.5. The Morgan fingerprint density at radius 1 is 1.24 bits per heavy atom. The zero-order chi connectivity index (χ0) is 12.7. The Morgan fingerprint density at radius 3 is 2.41 bits per heavy atom. The van der Waals surface area contributed by atoms with E-state index in [9.17, 15) is 4.79 Å². The van der Waals surface area contributed by atoms with Crippen molar-refractivity contribution in [1.29, 1.82) is 0 Å². The molecule has 3 nitrogen and oxygen atoms in total. The van der Waals surface area contributed by atoms with Crippen molar-refractivity contribution >= 4 is 11.7 Å². The van der Waals surface area contributed by atoms with Crippen molar-refractivity contribution in [3.8, 4) is 0 Å². The van der Waals surface area contributed by atoms with Gasteiger partial charge in [0.25, 0.3) is 0 Å². The van der Waals surface area contributed by atoms with Gasteiger partial charge in [-0.3, -0.25) is 4.90 Å². The highest BCUT2D eigenvalue weighted by Crippen LogP contribution is 2.15. The number of unbranched alkanes of at least 4 members (excludes halogenated alkanes) is 1. The van der Waals surface area contributed by atoms with E-state index in [1.165, 1.54) is 6.42 Å².